The third kappa shape index (κ3) is 4.09. The summed E-state index contributed by atoms with van der Waals surface area (Å²) in [7, 11) is -3.50. The summed E-state index contributed by atoms with van der Waals surface area (Å²) in [5.74, 6) is 0. The van der Waals surface area contributed by atoms with Gasteiger partial charge in [0, 0.05) is 42.3 Å². The largest absolute Gasteiger partial charge is 0.314 e. The molecular formula is C22H25N3O2S. The quantitative estimate of drug-likeness (QED) is 0.696. The summed E-state index contributed by atoms with van der Waals surface area (Å²) >= 11 is 0. The second-order valence-corrected chi connectivity index (χ2v) is 9.13. The molecule has 146 valence electrons. The van der Waals surface area contributed by atoms with Gasteiger partial charge in [-0.2, -0.15) is 4.31 Å². The first-order chi connectivity index (χ1) is 13.6. The van der Waals surface area contributed by atoms with Crippen LogP contribution in [0.1, 0.15) is 18.4 Å². The highest BCUT2D eigenvalue weighted by Gasteiger charge is 2.30. The standard InChI is InChI=1S/C22H25N3O2S/c26-28(27,22-8-4-7-19-17-23-13-10-21(19)22)25-15-11-20(12-16-25)24-14-9-18-5-2-1-3-6-18/h1-8,10,13,17,20,24H,9,11-12,14-16H2. The van der Waals surface area contributed by atoms with Crippen LogP contribution in [0.2, 0.25) is 0 Å². The van der Waals surface area contributed by atoms with Crippen molar-refractivity contribution in [3.63, 3.8) is 0 Å². The molecule has 1 fully saturated rings. The molecule has 1 N–H and O–H groups in total. The van der Waals surface area contributed by atoms with Gasteiger partial charge in [0.1, 0.15) is 0 Å². The summed E-state index contributed by atoms with van der Waals surface area (Å²) < 4.78 is 28.0. The summed E-state index contributed by atoms with van der Waals surface area (Å²) in [6.07, 6.45) is 6.01. The summed E-state index contributed by atoms with van der Waals surface area (Å²) in [5, 5.41) is 5.17. The van der Waals surface area contributed by atoms with Crippen LogP contribution in [-0.4, -0.2) is 43.4 Å². The minimum Gasteiger partial charge on any atom is -0.314 e. The maximum atomic E-state index is 13.2. The molecule has 0 aliphatic carbocycles. The van der Waals surface area contributed by atoms with Crippen LogP contribution in [0.5, 0.6) is 0 Å². The number of nitrogens with one attached hydrogen (secondary N) is 1. The SMILES string of the molecule is O=S(=O)(c1cccc2cnccc12)N1CCC(NCCc2ccccc2)CC1. The molecule has 1 aliphatic heterocycles. The highest BCUT2D eigenvalue weighted by atomic mass is 32.2. The molecule has 2 aromatic carbocycles. The second kappa shape index (κ2) is 8.39. The smallest absolute Gasteiger partial charge is 0.243 e. The molecule has 0 amide bonds. The Morgan fingerprint density at radius 2 is 1.79 bits per heavy atom. The number of piperidine rings is 1. The first-order valence-electron chi connectivity index (χ1n) is 9.75. The van der Waals surface area contributed by atoms with Gasteiger partial charge in [0.05, 0.1) is 4.90 Å². The lowest BCUT2D eigenvalue weighted by atomic mass is 10.1. The highest BCUT2D eigenvalue weighted by Crippen LogP contribution is 2.27. The Labute approximate surface area is 166 Å². The zero-order valence-corrected chi connectivity index (χ0v) is 16.6. The van der Waals surface area contributed by atoms with Crippen LogP contribution < -0.4 is 5.32 Å². The van der Waals surface area contributed by atoms with Gasteiger partial charge in [-0.15, -0.1) is 0 Å². The van der Waals surface area contributed by atoms with Crippen LogP contribution >= 0.6 is 0 Å². The van der Waals surface area contributed by atoms with Crippen LogP contribution in [0.4, 0.5) is 0 Å². The zero-order chi connectivity index (χ0) is 19.4. The number of benzene rings is 2. The number of fused-ring (bicyclic) bond motifs is 1. The van der Waals surface area contributed by atoms with Gasteiger partial charge in [0.2, 0.25) is 10.0 Å². The molecule has 0 atom stereocenters. The Morgan fingerprint density at radius 3 is 2.57 bits per heavy atom. The van der Waals surface area contributed by atoms with E-state index in [0.717, 1.165) is 36.6 Å². The molecule has 6 heteroatoms. The maximum absolute atomic E-state index is 13.2. The molecule has 4 rings (SSSR count). The van der Waals surface area contributed by atoms with Crippen molar-refractivity contribution in [2.75, 3.05) is 19.6 Å². The van der Waals surface area contributed by atoms with E-state index >= 15 is 0 Å². The summed E-state index contributed by atoms with van der Waals surface area (Å²) in [6.45, 7) is 2.01. The van der Waals surface area contributed by atoms with Crippen molar-refractivity contribution < 1.29 is 8.42 Å². The number of pyridine rings is 1. The molecule has 28 heavy (non-hydrogen) atoms. The molecule has 0 bridgehead atoms. The Kier molecular flexibility index (Phi) is 5.71. The van der Waals surface area contributed by atoms with E-state index in [1.165, 1.54) is 5.56 Å². The van der Waals surface area contributed by atoms with E-state index in [4.69, 9.17) is 0 Å². The van der Waals surface area contributed by atoms with Crippen LogP contribution in [-0.2, 0) is 16.4 Å². The third-order valence-electron chi connectivity index (χ3n) is 5.40. The molecule has 1 saturated heterocycles. The molecule has 0 spiro atoms. The van der Waals surface area contributed by atoms with Crippen molar-refractivity contribution in [3.05, 3.63) is 72.6 Å². The third-order valence-corrected chi connectivity index (χ3v) is 7.36. The summed E-state index contributed by atoms with van der Waals surface area (Å²) in [4.78, 5) is 4.47. The fourth-order valence-corrected chi connectivity index (χ4v) is 5.51. The number of rotatable bonds is 6. The predicted octanol–water partition coefficient (Wildman–Crippen LogP) is 3.22. The Balaban J connectivity index is 1.37. The average Bonchev–Trinajstić information content (AvgIpc) is 2.74. The molecular weight excluding hydrogens is 370 g/mol. The van der Waals surface area contributed by atoms with Crippen molar-refractivity contribution >= 4 is 20.8 Å². The molecule has 0 radical (unpaired) electrons. The van der Waals surface area contributed by atoms with Crippen molar-refractivity contribution in [1.29, 1.82) is 0 Å². The summed E-state index contributed by atoms with van der Waals surface area (Å²) in [5.41, 5.74) is 1.32. The molecule has 2 heterocycles. The molecule has 1 aliphatic rings. The van der Waals surface area contributed by atoms with Crippen LogP contribution in [0.15, 0.2) is 71.9 Å². The maximum Gasteiger partial charge on any atom is 0.243 e. The minimum atomic E-state index is -3.50. The van der Waals surface area contributed by atoms with Gasteiger partial charge in [-0.25, -0.2) is 8.42 Å². The number of nitrogens with zero attached hydrogens (tertiary/aromatic N) is 2. The average molecular weight is 396 g/mol. The van der Waals surface area contributed by atoms with E-state index in [-0.39, 0.29) is 0 Å². The lowest BCUT2D eigenvalue weighted by molar-refractivity contribution is 0.290. The molecule has 0 unspecified atom stereocenters. The Morgan fingerprint density at radius 1 is 1.00 bits per heavy atom. The Hall–Kier alpha value is -2.28. The molecule has 3 aromatic rings. The molecule has 1 aromatic heterocycles. The fourth-order valence-electron chi connectivity index (χ4n) is 3.82. The van der Waals surface area contributed by atoms with Gasteiger partial charge in [-0.3, -0.25) is 4.98 Å². The van der Waals surface area contributed by atoms with Gasteiger partial charge >= 0.3 is 0 Å². The fraction of sp³-hybridized carbons (Fsp3) is 0.318. The Bertz CT molecular complexity index is 1020. The van der Waals surface area contributed by atoms with E-state index in [9.17, 15) is 8.42 Å². The molecule has 0 saturated carbocycles. The summed E-state index contributed by atoms with van der Waals surface area (Å²) in [6, 6.07) is 17.9. The highest BCUT2D eigenvalue weighted by molar-refractivity contribution is 7.89. The van der Waals surface area contributed by atoms with Crippen LogP contribution in [0, 0.1) is 0 Å². The van der Waals surface area contributed by atoms with Crippen molar-refractivity contribution in [1.82, 2.24) is 14.6 Å². The van der Waals surface area contributed by atoms with Crippen molar-refractivity contribution in [3.8, 4) is 0 Å². The molecule has 5 nitrogen and oxygen atoms in total. The first-order valence-corrected chi connectivity index (χ1v) is 11.2. The van der Waals surface area contributed by atoms with E-state index in [1.807, 2.05) is 12.1 Å². The monoisotopic (exact) mass is 395 g/mol. The van der Waals surface area contributed by atoms with E-state index < -0.39 is 10.0 Å². The van der Waals surface area contributed by atoms with Gasteiger partial charge in [0.25, 0.3) is 0 Å². The van der Waals surface area contributed by atoms with Gasteiger partial charge in [-0.1, -0.05) is 42.5 Å². The number of aromatic nitrogens is 1. The number of hydrogen-bond donors (Lipinski definition) is 1. The van der Waals surface area contributed by atoms with Crippen molar-refractivity contribution in [2.45, 2.75) is 30.2 Å². The van der Waals surface area contributed by atoms with E-state index in [2.05, 4.69) is 34.6 Å². The second-order valence-electron chi connectivity index (χ2n) is 7.22. The van der Waals surface area contributed by atoms with Crippen LogP contribution in [0.3, 0.4) is 0 Å². The lowest BCUT2D eigenvalue weighted by Crippen LogP contribution is -2.45. The topological polar surface area (TPSA) is 62.3 Å². The number of hydrogen-bond acceptors (Lipinski definition) is 4. The van der Waals surface area contributed by atoms with Crippen LogP contribution in [0.25, 0.3) is 10.8 Å². The van der Waals surface area contributed by atoms with Gasteiger partial charge in [-0.05, 0) is 43.5 Å². The van der Waals surface area contributed by atoms with E-state index in [1.54, 1.807) is 34.9 Å². The van der Waals surface area contributed by atoms with Gasteiger partial charge in [0.15, 0.2) is 0 Å². The normalized spacial score (nSPS) is 16.4. The number of sulfonamides is 1. The minimum absolute atomic E-state index is 0.367. The predicted molar refractivity (Wildman–Crippen MR) is 112 cm³/mol. The lowest BCUT2D eigenvalue weighted by Gasteiger charge is -2.32. The van der Waals surface area contributed by atoms with Gasteiger partial charge < -0.3 is 5.32 Å². The zero-order valence-electron chi connectivity index (χ0n) is 15.8. The van der Waals surface area contributed by atoms with Crippen molar-refractivity contribution in [2.24, 2.45) is 0 Å². The van der Waals surface area contributed by atoms with E-state index in [0.29, 0.717) is 24.0 Å². The first kappa shape index (κ1) is 19.1.